The summed E-state index contributed by atoms with van der Waals surface area (Å²) < 4.78 is 5.57. The van der Waals surface area contributed by atoms with Crippen molar-refractivity contribution in [3.05, 3.63) is 95.7 Å². The van der Waals surface area contributed by atoms with Crippen molar-refractivity contribution in [3.8, 4) is 5.75 Å². The Balaban J connectivity index is 1.51. The second-order valence-corrected chi connectivity index (χ2v) is 10.3. The van der Waals surface area contributed by atoms with Crippen molar-refractivity contribution in [1.82, 2.24) is 10.3 Å². The number of aromatic amines is 1. The Labute approximate surface area is 229 Å². The monoisotopic (exact) mass is 537 g/mol. The lowest BCUT2D eigenvalue weighted by Crippen LogP contribution is -2.57. The first-order valence-corrected chi connectivity index (χ1v) is 12.9. The zero-order chi connectivity index (χ0) is 28.2. The molecule has 3 heterocycles. The van der Waals surface area contributed by atoms with Crippen molar-refractivity contribution in [2.75, 3.05) is 12.0 Å². The summed E-state index contributed by atoms with van der Waals surface area (Å²) in [6, 6.07) is 20.0. The summed E-state index contributed by atoms with van der Waals surface area (Å²) in [6.45, 7) is 1.43. The highest BCUT2D eigenvalue weighted by atomic mass is 16.5. The van der Waals surface area contributed by atoms with Crippen molar-refractivity contribution < 1.29 is 29.0 Å². The molecule has 9 nitrogen and oxygen atoms in total. The minimum absolute atomic E-state index is 0.0324. The molecule has 4 unspecified atom stereocenters. The number of amides is 2. The number of hydrogen-bond acceptors (Lipinski definition) is 6. The Morgan fingerprint density at radius 2 is 1.68 bits per heavy atom. The van der Waals surface area contributed by atoms with E-state index in [1.165, 1.54) is 14.0 Å². The van der Waals surface area contributed by atoms with Gasteiger partial charge in [-0.25, -0.2) is 4.90 Å². The van der Waals surface area contributed by atoms with Gasteiger partial charge in [0.1, 0.15) is 11.3 Å². The molecule has 0 radical (unpaired) electrons. The number of benzene rings is 3. The molecule has 9 heteroatoms. The lowest BCUT2D eigenvalue weighted by Gasteiger charge is -2.31. The van der Waals surface area contributed by atoms with Gasteiger partial charge in [0.25, 0.3) is 0 Å². The number of nitrogens with one attached hydrogen (secondary N) is 2. The van der Waals surface area contributed by atoms with E-state index in [1.54, 1.807) is 54.7 Å². The number of aliphatic carboxylic acids is 1. The van der Waals surface area contributed by atoms with E-state index in [0.29, 0.717) is 22.6 Å². The highest BCUT2D eigenvalue weighted by Crippen LogP contribution is 2.52. The van der Waals surface area contributed by atoms with Crippen LogP contribution in [-0.2, 0) is 20.8 Å². The second-order valence-electron chi connectivity index (χ2n) is 10.3. The van der Waals surface area contributed by atoms with Crippen LogP contribution in [0.15, 0.2) is 79.0 Å². The highest BCUT2D eigenvalue weighted by Gasteiger charge is 2.69. The number of imide groups is 1. The van der Waals surface area contributed by atoms with Gasteiger partial charge < -0.3 is 14.8 Å². The van der Waals surface area contributed by atoms with Crippen molar-refractivity contribution in [2.24, 2.45) is 11.8 Å². The fraction of sp³-hybridized carbons (Fsp3) is 0.226. The van der Waals surface area contributed by atoms with E-state index in [1.807, 2.05) is 24.3 Å². The van der Waals surface area contributed by atoms with Crippen LogP contribution in [0.2, 0.25) is 0 Å². The Morgan fingerprint density at radius 3 is 2.38 bits per heavy atom. The van der Waals surface area contributed by atoms with Crippen molar-refractivity contribution in [2.45, 2.75) is 24.9 Å². The Morgan fingerprint density at radius 1 is 0.975 bits per heavy atom. The molecule has 2 saturated heterocycles. The van der Waals surface area contributed by atoms with E-state index in [-0.39, 0.29) is 12.2 Å². The molecule has 40 heavy (non-hydrogen) atoms. The fourth-order valence-electron chi connectivity index (χ4n) is 6.31. The van der Waals surface area contributed by atoms with E-state index in [0.717, 1.165) is 21.4 Å². The van der Waals surface area contributed by atoms with Gasteiger partial charge in [0.2, 0.25) is 11.8 Å². The predicted molar refractivity (Wildman–Crippen MR) is 147 cm³/mol. The molecule has 0 saturated carbocycles. The molecule has 2 aliphatic rings. The molecule has 1 aromatic heterocycles. The molecule has 0 aliphatic carbocycles. The van der Waals surface area contributed by atoms with Crippen molar-refractivity contribution >= 4 is 40.2 Å². The number of ether oxygens (including phenoxy) is 1. The number of carbonyl (C=O) groups excluding carboxylic acids is 3. The number of anilines is 1. The Kier molecular flexibility index (Phi) is 6.03. The number of methoxy groups -OCH3 is 1. The van der Waals surface area contributed by atoms with Crippen molar-refractivity contribution in [3.63, 3.8) is 0 Å². The molecule has 4 aromatic rings. The first kappa shape index (κ1) is 25.5. The maximum Gasteiger partial charge on any atom is 0.325 e. The first-order chi connectivity index (χ1) is 19.3. The summed E-state index contributed by atoms with van der Waals surface area (Å²) in [7, 11) is 1.51. The molecule has 6 rings (SSSR count). The average molecular weight is 538 g/mol. The average Bonchev–Trinajstić information content (AvgIpc) is 3.61. The predicted octanol–water partition coefficient (Wildman–Crippen LogP) is 3.90. The summed E-state index contributed by atoms with van der Waals surface area (Å²) in [5.74, 6) is -4.19. The van der Waals surface area contributed by atoms with Crippen LogP contribution in [0, 0.1) is 11.8 Å². The Hall–Kier alpha value is -4.76. The van der Waals surface area contributed by atoms with Gasteiger partial charge >= 0.3 is 5.97 Å². The molecule has 2 fully saturated rings. The lowest BCUT2D eigenvalue weighted by molar-refractivity contribution is -0.148. The molecule has 202 valence electrons. The number of hydrogen-bond donors (Lipinski definition) is 3. The number of rotatable bonds is 7. The van der Waals surface area contributed by atoms with Crippen LogP contribution in [0.5, 0.6) is 5.75 Å². The third-order valence-electron chi connectivity index (χ3n) is 8.19. The second kappa shape index (κ2) is 9.46. The fourth-order valence-corrected chi connectivity index (χ4v) is 6.31. The minimum Gasteiger partial charge on any atom is -0.496 e. The van der Waals surface area contributed by atoms with Crippen LogP contribution in [0.25, 0.3) is 10.9 Å². The van der Waals surface area contributed by atoms with E-state index in [4.69, 9.17) is 4.74 Å². The van der Waals surface area contributed by atoms with Gasteiger partial charge in [-0.1, -0.05) is 36.4 Å². The largest absolute Gasteiger partial charge is 0.496 e. The zero-order valence-corrected chi connectivity index (χ0v) is 21.9. The number of para-hydroxylation sites is 2. The van der Waals surface area contributed by atoms with E-state index >= 15 is 0 Å². The maximum absolute atomic E-state index is 14.2. The van der Waals surface area contributed by atoms with Gasteiger partial charge in [-0.3, -0.25) is 24.5 Å². The summed E-state index contributed by atoms with van der Waals surface area (Å²) in [5, 5.41) is 14.9. The molecule has 2 aliphatic heterocycles. The molecule has 0 bridgehead atoms. The van der Waals surface area contributed by atoms with Gasteiger partial charge in [0.05, 0.1) is 24.6 Å². The van der Waals surface area contributed by atoms with E-state index < -0.39 is 41.2 Å². The summed E-state index contributed by atoms with van der Waals surface area (Å²) in [6.07, 6.45) is 1.72. The van der Waals surface area contributed by atoms with Crippen LogP contribution in [0.3, 0.4) is 0 Å². The number of Topliss-reactive ketones (excluding diaryl/α,β-unsaturated/α-hetero) is 1. The van der Waals surface area contributed by atoms with E-state index in [2.05, 4.69) is 10.3 Å². The molecule has 2 amide bonds. The smallest absolute Gasteiger partial charge is 0.325 e. The molecular weight excluding hydrogens is 510 g/mol. The summed E-state index contributed by atoms with van der Waals surface area (Å²) in [5.41, 5.74) is 1.10. The lowest BCUT2D eigenvalue weighted by atomic mass is 9.76. The van der Waals surface area contributed by atoms with Gasteiger partial charge in [-0.15, -0.1) is 0 Å². The standard InChI is InChI=1S/C31H27N3O6/c1-17(35)18-11-13-20(14-12-18)34-28(36)25-26(29(34)37)31(30(38)39,15-19-16-32-23-9-5-3-7-21(19)23)33-27(25)22-8-4-6-10-24(22)40-2/h3-14,16,25-27,32-33H,15H2,1-2H3,(H,38,39). The zero-order valence-electron chi connectivity index (χ0n) is 21.9. The Bertz CT molecular complexity index is 1680. The van der Waals surface area contributed by atoms with Crippen LogP contribution in [0.4, 0.5) is 5.69 Å². The van der Waals surface area contributed by atoms with Crippen LogP contribution < -0.4 is 15.0 Å². The number of H-pyrrole nitrogens is 1. The third-order valence-corrected chi connectivity index (χ3v) is 8.19. The molecule has 3 N–H and O–H groups in total. The number of aromatic nitrogens is 1. The third kappa shape index (κ3) is 3.73. The van der Waals surface area contributed by atoms with Crippen molar-refractivity contribution in [1.29, 1.82) is 0 Å². The minimum atomic E-state index is -1.79. The number of fused-ring (bicyclic) bond motifs is 2. The van der Waals surface area contributed by atoms with Crippen LogP contribution in [0.1, 0.15) is 34.5 Å². The van der Waals surface area contributed by atoms with E-state index in [9.17, 15) is 24.3 Å². The quantitative estimate of drug-likeness (QED) is 0.241. The van der Waals surface area contributed by atoms with Gasteiger partial charge in [0, 0.05) is 40.7 Å². The van der Waals surface area contributed by atoms with Crippen LogP contribution in [-0.4, -0.2) is 46.3 Å². The molecular formula is C31H27N3O6. The SMILES string of the molecule is COc1ccccc1C1NC(Cc2c[nH]c3ccccc23)(C(=O)O)C2C(=O)N(c3ccc(C(C)=O)cc3)C(=O)C12. The molecule has 4 atom stereocenters. The summed E-state index contributed by atoms with van der Waals surface area (Å²) in [4.78, 5) is 57.5. The number of nitrogens with zero attached hydrogens (tertiary/aromatic N) is 1. The van der Waals surface area contributed by atoms with Gasteiger partial charge in [0.15, 0.2) is 5.78 Å². The molecule has 0 spiro atoms. The van der Waals surface area contributed by atoms with Gasteiger partial charge in [-0.05, 0) is 48.9 Å². The van der Waals surface area contributed by atoms with Gasteiger partial charge in [-0.2, -0.15) is 0 Å². The number of ketones is 1. The number of carbonyl (C=O) groups is 4. The van der Waals surface area contributed by atoms with Crippen LogP contribution >= 0.6 is 0 Å². The highest BCUT2D eigenvalue weighted by molar-refractivity contribution is 6.24. The first-order valence-electron chi connectivity index (χ1n) is 12.9. The normalized spacial score (nSPS) is 23.9. The number of carboxylic acids is 1. The molecule has 3 aromatic carbocycles. The number of carboxylic acid groups (broad SMARTS) is 1. The topological polar surface area (TPSA) is 129 Å². The summed E-state index contributed by atoms with van der Waals surface area (Å²) >= 11 is 0. The maximum atomic E-state index is 14.2.